The number of unbranched alkanes of at least 4 members (excludes halogenated alkanes) is 3. The summed E-state index contributed by atoms with van der Waals surface area (Å²) in [5.41, 5.74) is -1.10. The first-order valence-corrected chi connectivity index (χ1v) is 8.33. The normalized spacial score (nSPS) is 12.9. The molecule has 0 spiro atoms. The standard InChI is InChI=1S/C19H32O3/c1-4-5-6-7-8-9-10-11-12-13-14-15-16-17-22-19(2,3)18(20)21/h8-9,11-12,14-15H,4-7,10,13,16-17H2,1-3H3,(H,20,21)/b9-8-,12-11-,15-14-. The van der Waals surface area contributed by atoms with Crippen molar-refractivity contribution in [1.29, 1.82) is 0 Å². The highest BCUT2D eigenvalue weighted by Crippen LogP contribution is 2.09. The first kappa shape index (κ1) is 20.6. The highest BCUT2D eigenvalue weighted by Gasteiger charge is 2.27. The molecule has 0 radical (unpaired) electrons. The van der Waals surface area contributed by atoms with Crippen molar-refractivity contribution in [1.82, 2.24) is 0 Å². The highest BCUT2D eigenvalue weighted by molar-refractivity contribution is 5.76. The number of aliphatic carboxylic acids is 1. The van der Waals surface area contributed by atoms with Crippen LogP contribution in [0.2, 0.25) is 0 Å². The largest absolute Gasteiger partial charge is 0.479 e. The van der Waals surface area contributed by atoms with E-state index in [1.54, 1.807) is 13.8 Å². The summed E-state index contributed by atoms with van der Waals surface area (Å²) in [7, 11) is 0. The minimum Gasteiger partial charge on any atom is -0.479 e. The molecule has 0 aliphatic heterocycles. The molecule has 0 aliphatic carbocycles. The lowest BCUT2D eigenvalue weighted by Gasteiger charge is -2.19. The van der Waals surface area contributed by atoms with E-state index >= 15 is 0 Å². The monoisotopic (exact) mass is 308 g/mol. The maximum atomic E-state index is 10.8. The summed E-state index contributed by atoms with van der Waals surface area (Å²) in [5, 5.41) is 8.89. The Morgan fingerprint density at radius 1 is 0.955 bits per heavy atom. The second-order valence-corrected chi connectivity index (χ2v) is 5.83. The maximum absolute atomic E-state index is 10.8. The third kappa shape index (κ3) is 12.4. The summed E-state index contributed by atoms with van der Waals surface area (Å²) >= 11 is 0. The van der Waals surface area contributed by atoms with Crippen molar-refractivity contribution in [2.45, 2.75) is 71.3 Å². The number of rotatable bonds is 13. The molecule has 0 saturated heterocycles. The number of carboxylic acid groups (broad SMARTS) is 1. The minimum absolute atomic E-state index is 0.431. The van der Waals surface area contributed by atoms with E-state index < -0.39 is 11.6 Å². The predicted octanol–water partition coefficient (Wildman–Crippen LogP) is 5.29. The molecular weight excluding hydrogens is 276 g/mol. The zero-order valence-corrected chi connectivity index (χ0v) is 14.4. The molecule has 0 unspecified atom stereocenters. The summed E-state index contributed by atoms with van der Waals surface area (Å²) in [6, 6.07) is 0. The molecule has 0 saturated carbocycles. The van der Waals surface area contributed by atoms with Crippen LogP contribution >= 0.6 is 0 Å². The van der Waals surface area contributed by atoms with Crippen molar-refractivity contribution in [2.24, 2.45) is 0 Å². The fraction of sp³-hybridized carbons (Fsp3) is 0.632. The molecule has 0 aromatic heterocycles. The van der Waals surface area contributed by atoms with Gasteiger partial charge in [-0.25, -0.2) is 4.79 Å². The van der Waals surface area contributed by atoms with E-state index in [0.717, 1.165) is 19.3 Å². The van der Waals surface area contributed by atoms with E-state index in [-0.39, 0.29) is 0 Å². The van der Waals surface area contributed by atoms with Crippen LogP contribution in [0.3, 0.4) is 0 Å². The van der Waals surface area contributed by atoms with Crippen molar-refractivity contribution in [2.75, 3.05) is 6.61 Å². The highest BCUT2D eigenvalue weighted by atomic mass is 16.5. The molecule has 0 atom stereocenters. The number of carboxylic acids is 1. The predicted molar refractivity (Wildman–Crippen MR) is 93.1 cm³/mol. The SMILES string of the molecule is CCCCC/C=C\C/C=C\C/C=C\CCOC(C)(C)C(=O)O. The summed E-state index contributed by atoms with van der Waals surface area (Å²) in [5.74, 6) is -0.929. The van der Waals surface area contributed by atoms with Crippen molar-refractivity contribution in [3.8, 4) is 0 Å². The molecule has 3 nitrogen and oxygen atoms in total. The molecule has 3 heteroatoms. The van der Waals surface area contributed by atoms with Crippen LogP contribution in [0.15, 0.2) is 36.5 Å². The van der Waals surface area contributed by atoms with Gasteiger partial charge in [0.25, 0.3) is 0 Å². The Balaban J connectivity index is 3.54. The lowest BCUT2D eigenvalue weighted by Crippen LogP contribution is -2.34. The molecule has 22 heavy (non-hydrogen) atoms. The Labute approximate surface area is 135 Å². The average molecular weight is 308 g/mol. The van der Waals surface area contributed by atoms with Gasteiger partial charge in [-0.1, -0.05) is 56.2 Å². The van der Waals surface area contributed by atoms with Gasteiger partial charge in [0.05, 0.1) is 6.61 Å². The van der Waals surface area contributed by atoms with Crippen LogP contribution < -0.4 is 0 Å². The fourth-order valence-corrected chi connectivity index (χ4v) is 1.73. The average Bonchev–Trinajstić information content (AvgIpc) is 2.47. The van der Waals surface area contributed by atoms with Crippen molar-refractivity contribution in [3.63, 3.8) is 0 Å². The summed E-state index contributed by atoms with van der Waals surface area (Å²) < 4.78 is 5.31. The van der Waals surface area contributed by atoms with E-state index in [1.165, 1.54) is 25.7 Å². The van der Waals surface area contributed by atoms with Gasteiger partial charge in [0.1, 0.15) is 0 Å². The first-order valence-electron chi connectivity index (χ1n) is 8.33. The van der Waals surface area contributed by atoms with Crippen molar-refractivity contribution < 1.29 is 14.6 Å². The first-order chi connectivity index (χ1) is 10.5. The number of carbonyl (C=O) groups is 1. The zero-order chi connectivity index (χ0) is 16.7. The Morgan fingerprint density at radius 3 is 2.05 bits per heavy atom. The second-order valence-electron chi connectivity index (χ2n) is 5.83. The molecule has 0 aliphatic rings. The minimum atomic E-state index is -1.10. The van der Waals surface area contributed by atoms with Crippen LogP contribution in [-0.4, -0.2) is 23.3 Å². The van der Waals surface area contributed by atoms with Gasteiger partial charge in [0.15, 0.2) is 5.60 Å². The van der Waals surface area contributed by atoms with Gasteiger partial charge in [0, 0.05) is 0 Å². The van der Waals surface area contributed by atoms with Gasteiger partial charge in [-0.2, -0.15) is 0 Å². The van der Waals surface area contributed by atoms with Crippen LogP contribution in [0.1, 0.15) is 65.7 Å². The Kier molecular flexibility index (Phi) is 12.5. The summed E-state index contributed by atoms with van der Waals surface area (Å²) in [6.45, 7) is 5.79. The van der Waals surface area contributed by atoms with Gasteiger partial charge in [-0.05, 0) is 46.0 Å². The van der Waals surface area contributed by atoms with E-state index in [4.69, 9.17) is 9.84 Å². The van der Waals surface area contributed by atoms with Gasteiger partial charge in [-0.3, -0.25) is 0 Å². The number of allylic oxidation sites excluding steroid dienone is 5. The Morgan fingerprint density at radius 2 is 1.50 bits per heavy atom. The molecule has 0 amide bonds. The molecule has 0 aromatic carbocycles. The quantitative estimate of drug-likeness (QED) is 0.371. The molecule has 0 aromatic rings. The van der Waals surface area contributed by atoms with Gasteiger partial charge >= 0.3 is 5.97 Å². The van der Waals surface area contributed by atoms with Crippen molar-refractivity contribution in [3.05, 3.63) is 36.5 Å². The molecular formula is C19H32O3. The van der Waals surface area contributed by atoms with Crippen LogP contribution in [0.5, 0.6) is 0 Å². The maximum Gasteiger partial charge on any atom is 0.335 e. The van der Waals surface area contributed by atoms with Gasteiger partial charge in [-0.15, -0.1) is 0 Å². The smallest absolute Gasteiger partial charge is 0.335 e. The van der Waals surface area contributed by atoms with Crippen molar-refractivity contribution >= 4 is 5.97 Å². The molecule has 0 bridgehead atoms. The fourth-order valence-electron chi connectivity index (χ4n) is 1.73. The molecule has 1 N–H and O–H groups in total. The molecule has 0 fully saturated rings. The molecule has 0 rings (SSSR count). The Bertz CT molecular complexity index is 365. The second kappa shape index (κ2) is 13.3. The van der Waals surface area contributed by atoms with E-state index in [0.29, 0.717) is 6.61 Å². The third-order valence-corrected chi connectivity index (χ3v) is 3.28. The van der Waals surface area contributed by atoms with Crippen LogP contribution in [0, 0.1) is 0 Å². The third-order valence-electron chi connectivity index (χ3n) is 3.28. The molecule has 126 valence electrons. The number of ether oxygens (including phenoxy) is 1. The molecule has 0 heterocycles. The Hall–Kier alpha value is -1.35. The summed E-state index contributed by atoms with van der Waals surface area (Å²) in [4.78, 5) is 10.8. The van der Waals surface area contributed by atoms with Crippen LogP contribution in [0.25, 0.3) is 0 Å². The van der Waals surface area contributed by atoms with E-state index in [2.05, 4.69) is 37.3 Å². The van der Waals surface area contributed by atoms with Crippen LogP contribution in [-0.2, 0) is 9.53 Å². The zero-order valence-electron chi connectivity index (χ0n) is 14.4. The number of hydrogen-bond donors (Lipinski definition) is 1. The van der Waals surface area contributed by atoms with Crippen LogP contribution in [0.4, 0.5) is 0 Å². The van der Waals surface area contributed by atoms with E-state index in [9.17, 15) is 4.79 Å². The summed E-state index contributed by atoms with van der Waals surface area (Å²) in [6.07, 6.45) is 20.6. The van der Waals surface area contributed by atoms with Gasteiger partial charge in [0.2, 0.25) is 0 Å². The van der Waals surface area contributed by atoms with Gasteiger partial charge < -0.3 is 9.84 Å². The number of hydrogen-bond acceptors (Lipinski definition) is 2. The van der Waals surface area contributed by atoms with E-state index in [1.807, 2.05) is 6.08 Å². The topological polar surface area (TPSA) is 46.5 Å². The lowest BCUT2D eigenvalue weighted by molar-refractivity contribution is -0.161. The lowest BCUT2D eigenvalue weighted by atomic mass is 10.1.